The van der Waals surface area contributed by atoms with Crippen LogP contribution in [0.3, 0.4) is 0 Å². The van der Waals surface area contributed by atoms with E-state index in [2.05, 4.69) is 52.7 Å². The normalized spacial score (nSPS) is 13.7. The van der Waals surface area contributed by atoms with Crippen molar-refractivity contribution in [3.05, 3.63) is 90.0 Å². The number of rotatable bonds is 11. The van der Waals surface area contributed by atoms with Gasteiger partial charge in [-0.05, 0) is 73.1 Å². The highest BCUT2D eigenvalue weighted by Gasteiger charge is 2.21. The molecule has 1 fully saturated rings. The van der Waals surface area contributed by atoms with Gasteiger partial charge in [-0.2, -0.15) is 0 Å². The summed E-state index contributed by atoms with van der Waals surface area (Å²) < 4.78 is 16.6. The first-order chi connectivity index (χ1) is 19.6. The monoisotopic (exact) mass is 539 g/mol. The quantitative estimate of drug-likeness (QED) is 0.273. The standard InChI is InChI=1S/C33H37N3O4/c1-38-28-13-11-25(22-30(28)39-2)15-18-34-32(37)23-40-29-10-6-9-27-12-14-31(35-33(27)29)36-19-16-26(17-20-36)21-24-7-4-3-5-8-24/h3-14,22,26H,15-21,23H2,1-2H3,(H,34,37). The van der Waals surface area contributed by atoms with Crippen LogP contribution in [0.5, 0.6) is 17.2 Å². The largest absolute Gasteiger partial charge is 0.493 e. The molecule has 0 aliphatic carbocycles. The summed E-state index contributed by atoms with van der Waals surface area (Å²) >= 11 is 0. The molecule has 1 aromatic heterocycles. The molecule has 1 amide bonds. The molecule has 0 atom stereocenters. The highest BCUT2D eigenvalue weighted by molar-refractivity contribution is 5.86. The number of para-hydroxylation sites is 1. The third-order valence-electron chi connectivity index (χ3n) is 7.52. The summed E-state index contributed by atoms with van der Waals surface area (Å²) in [5.74, 6) is 3.46. The molecule has 2 heterocycles. The van der Waals surface area contributed by atoms with Crippen molar-refractivity contribution in [2.75, 3.05) is 45.4 Å². The fraction of sp³-hybridized carbons (Fsp3) is 0.333. The van der Waals surface area contributed by atoms with Gasteiger partial charge in [0.25, 0.3) is 5.91 Å². The Kier molecular flexibility index (Phi) is 9.01. The van der Waals surface area contributed by atoms with Crippen LogP contribution in [-0.4, -0.2) is 51.4 Å². The number of nitrogens with one attached hydrogen (secondary N) is 1. The second-order valence-corrected chi connectivity index (χ2v) is 10.2. The molecule has 1 aliphatic heterocycles. The number of amides is 1. The lowest BCUT2D eigenvalue weighted by molar-refractivity contribution is -0.123. The van der Waals surface area contributed by atoms with Crippen molar-refractivity contribution in [2.45, 2.75) is 25.7 Å². The minimum atomic E-state index is -0.172. The number of fused-ring (bicyclic) bond motifs is 1. The van der Waals surface area contributed by atoms with Gasteiger partial charge in [0.15, 0.2) is 18.1 Å². The maximum atomic E-state index is 12.5. The van der Waals surface area contributed by atoms with Crippen molar-refractivity contribution in [2.24, 2.45) is 5.92 Å². The van der Waals surface area contributed by atoms with Crippen LogP contribution in [0.15, 0.2) is 78.9 Å². The summed E-state index contributed by atoms with van der Waals surface area (Å²) in [6.07, 6.45) is 4.11. The number of anilines is 1. The maximum absolute atomic E-state index is 12.5. The van der Waals surface area contributed by atoms with E-state index in [1.54, 1.807) is 14.2 Å². The molecule has 0 bridgehead atoms. The molecule has 0 spiro atoms. The second-order valence-electron chi connectivity index (χ2n) is 10.2. The fourth-order valence-electron chi connectivity index (χ4n) is 5.29. The van der Waals surface area contributed by atoms with Crippen LogP contribution in [0.25, 0.3) is 10.9 Å². The summed E-state index contributed by atoms with van der Waals surface area (Å²) in [7, 11) is 3.22. The first-order valence-corrected chi connectivity index (χ1v) is 13.9. The van der Waals surface area contributed by atoms with Crippen LogP contribution in [0.2, 0.25) is 0 Å². The molecule has 0 unspecified atom stereocenters. The number of aromatic nitrogens is 1. The topological polar surface area (TPSA) is 72.9 Å². The maximum Gasteiger partial charge on any atom is 0.257 e. The summed E-state index contributed by atoms with van der Waals surface area (Å²) in [6.45, 7) is 2.40. The smallest absolute Gasteiger partial charge is 0.257 e. The second kappa shape index (κ2) is 13.2. The van der Waals surface area contributed by atoms with Gasteiger partial charge in [-0.25, -0.2) is 4.98 Å². The van der Waals surface area contributed by atoms with Gasteiger partial charge in [0.1, 0.15) is 17.1 Å². The van der Waals surface area contributed by atoms with Crippen molar-refractivity contribution in [3.63, 3.8) is 0 Å². The Morgan fingerprint density at radius 1 is 0.875 bits per heavy atom. The number of methoxy groups -OCH3 is 2. The molecule has 1 saturated heterocycles. The Bertz CT molecular complexity index is 1420. The van der Waals surface area contributed by atoms with Crippen molar-refractivity contribution in [1.82, 2.24) is 10.3 Å². The first-order valence-electron chi connectivity index (χ1n) is 13.9. The van der Waals surface area contributed by atoms with E-state index < -0.39 is 0 Å². The number of pyridine rings is 1. The molecule has 5 rings (SSSR count). The van der Waals surface area contributed by atoms with Gasteiger partial charge in [0, 0.05) is 25.0 Å². The number of ether oxygens (including phenoxy) is 3. The van der Waals surface area contributed by atoms with E-state index in [1.807, 2.05) is 36.4 Å². The summed E-state index contributed by atoms with van der Waals surface area (Å²) in [5.41, 5.74) is 3.25. The molecule has 1 aliphatic rings. The lowest BCUT2D eigenvalue weighted by atomic mass is 9.90. The van der Waals surface area contributed by atoms with Crippen LogP contribution in [0.1, 0.15) is 24.0 Å². The van der Waals surface area contributed by atoms with Crippen molar-refractivity contribution >= 4 is 22.6 Å². The zero-order valence-corrected chi connectivity index (χ0v) is 23.3. The van der Waals surface area contributed by atoms with E-state index in [0.717, 1.165) is 54.6 Å². The van der Waals surface area contributed by atoms with Crippen molar-refractivity contribution < 1.29 is 19.0 Å². The lowest BCUT2D eigenvalue weighted by Gasteiger charge is -2.33. The molecule has 1 N–H and O–H groups in total. The number of nitrogens with zero attached hydrogens (tertiary/aromatic N) is 2. The van der Waals surface area contributed by atoms with E-state index in [4.69, 9.17) is 19.2 Å². The SMILES string of the molecule is COc1ccc(CCNC(=O)COc2cccc3ccc(N4CCC(Cc5ccccc5)CC4)nc23)cc1OC. The Morgan fingerprint density at radius 3 is 2.45 bits per heavy atom. The molecule has 4 aromatic rings. The molecule has 0 radical (unpaired) electrons. The number of hydrogen-bond donors (Lipinski definition) is 1. The number of carbonyl (C=O) groups excluding carboxylic acids is 1. The third-order valence-corrected chi connectivity index (χ3v) is 7.52. The van der Waals surface area contributed by atoms with Gasteiger partial charge >= 0.3 is 0 Å². The molecular formula is C33H37N3O4. The highest BCUT2D eigenvalue weighted by Crippen LogP contribution is 2.30. The van der Waals surface area contributed by atoms with E-state index >= 15 is 0 Å². The molecule has 7 heteroatoms. The highest BCUT2D eigenvalue weighted by atomic mass is 16.5. The predicted octanol–water partition coefficient (Wildman–Crippen LogP) is 5.45. The molecule has 3 aromatic carbocycles. The predicted molar refractivity (Wildman–Crippen MR) is 159 cm³/mol. The van der Waals surface area contributed by atoms with E-state index in [0.29, 0.717) is 36.1 Å². The Balaban J connectivity index is 1.14. The molecule has 0 saturated carbocycles. The minimum Gasteiger partial charge on any atom is -0.493 e. The van der Waals surface area contributed by atoms with Crippen molar-refractivity contribution in [3.8, 4) is 17.2 Å². The van der Waals surface area contributed by atoms with Crippen LogP contribution < -0.4 is 24.4 Å². The molecule has 208 valence electrons. The third kappa shape index (κ3) is 6.84. The van der Waals surface area contributed by atoms with E-state index in [-0.39, 0.29) is 12.5 Å². The molecular weight excluding hydrogens is 502 g/mol. The summed E-state index contributed by atoms with van der Waals surface area (Å²) in [4.78, 5) is 19.9. The average Bonchev–Trinajstić information content (AvgIpc) is 3.00. The number of benzene rings is 3. The van der Waals surface area contributed by atoms with Gasteiger partial charge < -0.3 is 24.4 Å². The fourth-order valence-corrected chi connectivity index (χ4v) is 5.29. The zero-order chi connectivity index (χ0) is 27.7. The minimum absolute atomic E-state index is 0.0676. The van der Waals surface area contributed by atoms with Gasteiger partial charge in [-0.1, -0.05) is 48.5 Å². The van der Waals surface area contributed by atoms with Crippen LogP contribution >= 0.6 is 0 Å². The zero-order valence-electron chi connectivity index (χ0n) is 23.3. The van der Waals surface area contributed by atoms with Gasteiger partial charge in [-0.15, -0.1) is 0 Å². The summed E-state index contributed by atoms with van der Waals surface area (Å²) in [5, 5.41) is 3.93. The van der Waals surface area contributed by atoms with Gasteiger partial charge in [0.05, 0.1) is 14.2 Å². The molecule has 40 heavy (non-hydrogen) atoms. The number of hydrogen-bond acceptors (Lipinski definition) is 6. The van der Waals surface area contributed by atoms with Crippen LogP contribution in [-0.2, 0) is 17.6 Å². The Labute approximate surface area is 236 Å². The van der Waals surface area contributed by atoms with E-state index in [9.17, 15) is 4.79 Å². The lowest BCUT2D eigenvalue weighted by Crippen LogP contribution is -2.34. The van der Waals surface area contributed by atoms with Crippen LogP contribution in [0.4, 0.5) is 5.82 Å². The van der Waals surface area contributed by atoms with E-state index in [1.165, 1.54) is 5.56 Å². The molecule has 7 nitrogen and oxygen atoms in total. The average molecular weight is 540 g/mol. The first kappa shape index (κ1) is 27.3. The van der Waals surface area contributed by atoms with Crippen LogP contribution in [0, 0.1) is 5.92 Å². The number of piperidine rings is 1. The number of carbonyl (C=O) groups is 1. The van der Waals surface area contributed by atoms with Crippen molar-refractivity contribution in [1.29, 1.82) is 0 Å². The Morgan fingerprint density at radius 2 is 1.68 bits per heavy atom. The Hall–Kier alpha value is -4.26. The summed E-state index contributed by atoms with van der Waals surface area (Å²) in [6, 6.07) is 26.5. The van der Waals surface area contributed by atoms with Gasteiger partial charge in [0.2, 0.25) is 0 Å². The van der Waals surface area contributed by atoms with Gasteiger partial charge in [-0.3, -0.25) is 4.79 Å².